The fourth-order valence-electron chi connectivity index (χ4n) is 2.46. The molecule has 1 aromatic heterocycles. The maximum atomic E-state index is 11.7. The summed E-state index contributed by atoms with van der Waals surface area (Å²) >= 11 is 0. The van der Waals surface area contributed by atoms with Crippen molar-refractivity contribution in [2.75, 3.05) is 12.4 Å². The molecular formula is C17H22N2O2. The third-order valence-electron chi connectivity index (χ3n) is 4.09. The summed E-state index contributed by atoms with van der Waals surface area (Å²) in [4.78, 5) is 11.7. The van der Waals surface area contributed by atoms with Gasteiger partial charge in [0, 0.05) is 30.7 Å². The summed E-state index contributed by atoms with van der Waals surface area (Å²) in [7, 11) is 3.47. The van der Waals surface area contributed by atoms with Gasteiger partial charge in [0.1, 0.15) is 0 Å². The Morgan fingerprint density at radius 2 is 2.00 bits per heavy atom. The summed E-state index contributed by atoms with van der Waals surface area (Å²) < 4.78 is 6.98. The van der Waals surface area contributed by atoms with Crippen molar-refractivity contribution in [3.63, 3.8) is 0 Å². The molecule has 4 nitrogen and oxygen atoms in total. The number of aryl methyl sites for hydroxylation is 1. The molecule has 1 aromatic carbocycles. The maximum Gasteiger partial charge on any atom is 0.338 e. The van der Waals surface area contributed by atoms with Gasteiger partial charge in [0.25, 0.3) is 0 Å². The Morgan fingerprint density at radius 3 is 2.57 bits per heavy atom. The number of esters is 1. The van der Waals surface area contributed by atoms with Crippen molar-refractivity contribution in [2.45, 2.75) is 27.3 Å². The van der Waals surface area contributed by atoms with E-state index in [4.69, 9.17) is 4.74 Å². The minimum Gasteiger partial charge on any atom is -0.465 e. The van der Waals surface area contributed by atoms with Gasteiger partial charge >= 0.3 is 5.97 Å². The van der Waals surface area contributed by atoms with E-state index in [1.54, 1.807) is 6.07 Å². The van der Waals surface area contributed by atoms with Crippen LogP contribution in [0.4, 0.5) is 5.69 Å². The van der Waals surface area contributed by atoms with Crippen LogP contribution in [0.5, 0.6) is 0 Å². The molecule has 2 rings (SSSR count). The minimum atomic E-state index is -0.303. The van der Waals surface area contributed by atoms with Crippen LogP contribution in [0, 0.1) is 20.8 Å². The second-order valence-corrected chi connectivity index (χ2v) is 5.28. The summed E-state index contributed by atoms with van der Waals surface area (Å²) in [5.74, 6) is -0.303. The number of nitrogens with zero attached hydrogens (tertiary/aromatic N) is 1. The fourth-order valence-corrected chi connectivity index (χ4v) is 2.46. The van der Waals surface area contributed by atoms with E-state index < -0.39 is 0 Å². The molecule has 0 saturated carbocycles. The summed E-state index contributed by atoms with van der Waals surface area (Å²) in [5, 5.41) is 3.41. The van der Waals surface area contributed by atoms with Crippen molar-refractivity contribution in [3.8, 4) is 0 Å². The first-order chi connectivity index (χ1) is 9.95. The van der Waals surface area contributed by atoms with Gasteiger partial charge in [0.05, 0.1) is 12.7 Å². The lowest BCUT2D eigenvalue weighted by molar-refractivity contribution is 0.0600. The predicted octanol–water partition coefficient (Wildman–Crippen LogP) is 3.35. The lowest BCUT2D eigenvalue weighted by Crippen LogP contribution is -2.08. The Hall–Kier alpha value is -2.23. The largest absolute Gasteiger partial charge is 0.465 e. The van der Waals surface area contributed by atoms with E-state index in [0.29, 0.717) is 5.56 Å². The second kappa shape index (κ2) is 6.04. The molecule has 0 radical (unpaired) electrons. The highest BCUT2D eigenvalue weighted by molar-refractivity contribution is 5.92. The number of methoxy groups -OCH3 is 1. The minimum absolute atomic E-state index is 0.303. The van der Waals surface area contributed by atoms with Gasteiger partial charge in [-0.3, -0.25) is 0 Å². The van der Waals surface area contributed by atoms with Crippen LogP contribution in [-0.2, 0) is 18.3 Å². The second-order valence-electron chi connectivity index (χ2n) is 5.28. The molecule has 0 saturated heterocycles. The average molecular weight is 286 g/mol. The first-order valence-corrected chi connectivity index (χ1v) is 6.99. The van der Waals surface area contributed by atoms with Gasteiger partial charge in [-0.05, 0) is 50.1 Å². The SMILES string of the molecule is COC(=O)c1cccc(NCc2cc(C)n(C)c2C)c1C. The van der Waals surface area contributed by atoms with E-state index in [9.17, 15) is 4.79 Å². The molecule has 0 spiro atoms. The van der Waals surface area contributed by atoms with Gasteiger partial charge in [0.15, 0.2) is 0 Å². The lowest BCUT2D eigenvalue weighted by atomic mass is 10.1. The quantitative estimate of drug-likeness (QED) is 0.877. The van der Waals surface area contributed by atoms with Crippen LogP contribution in [0.1, 0.15) is 32.9 Å². The molecule has 4 heteroatoms. The number of carbonyl (C=O) groups excluding carboxylic acids is 1. The number of nitrogens with one attached hydrogen (secondary N) is 1. The van der Waals surface area contributed by atoms with Gasteiger partial charge in [-0.2, -0.15) is 0 Å². The van der Waals surface area contributed by atoms with Gasteiger partial charge in [-0.25, -0.2) is 4.79 Å². The zero-order chi connectivity index (χ0) is 15.6. The molecule has 0 aliphatic carbocycles. The molecule has 0 bridgehead atoms. The van der Waals surface area contributed by atoms with Crippen LogP contribution in [0.15, 0.2) is 24.3 Å². The number of rotatable bonds is 4. The fraction of sp³-hybridized carbons (Fsp3) is 0.353. The number of aromatic nitrogens is 1. The van der Waals surface area contributed by atoms with E-state index in [1.807, 2.05) is 19.1 Å². The average Bonchev–Trinajstić information content (AvgIpc) is 2.72. The molecular weight excluding hydrogens is 264 g/mol. The van der Waals surface area contributed by atoms with E-state index in [0.717, 1.165) is 17.8 Å². The molecule has 0 aliphatic heterocycles. The van der Waals surface area contributed by atoms with Crippen molar-refractivity contribution >= 4 is 11.7 Å². The zero-order valence-electron chi connectivity index (χ0n) is 13.3. The van der Waals surface area contributed by atoms with E-state index >= 15 is 0 Å². The highest BCUT2D eigenvalue weighted by Gasteiger charge is 2.12. The number of anilines is 1. The van der Waals surface area contributed by atoms with Crippen LogP contribution in [0.2, 0.25) is 0 Å². The van der Waals surface area contributed by atoms with Gasteiger partial charge in [-0.15, -0.1) is 0 Å². The molecule has 0 aliphatic rings. The summed E-state index contributed by atoms with van der Waals surface area (Å²) in [6.45, 7) is 6.87. The number of hydrogen-bond acceptors (Lipinski definition) is 3. The van der Waals surface area contributed by atoms with Crippen LogP contribution in [-0.4, -0.2) is 17.6 Å². The molecule has 0 atom stereocenters. The number of benzene rings is 1. The Bertz CT molecular complexity index is 672. The monoisotopic (exact) mass is 286 g/mol. The van der Waals surface area contributed by atoms with E-state index in [2.05, 4.69) is 36.8 Å². The Morgan fingerprint density at radius 1 is 1.29 bits per heavy atom. The molecule has 21 heavy (non-hydrogen) atoms. The third-order valence-corrected chi connectivity index (χ3v) is 4.09. The zero-order valence-corrected chi connectivity index (χ0v) is 13.3. The smallest absolute Gasteiger partial charge is 0.338 e. The van der Waals surface area contributed by atoms with Gasteiger partial charge < -0.3 is 14.6 Å². The Kier molecular flexibility index (Phi) is 4.36. The van der Waals surface area contributed by atoms with Gasteiger partial charge in [0.2, 0.25) is 0 Å². The molecule has 2 aromatic rings. The molecule has 0 fully saturated rings. The predicted molar refractivity (Wildman–Crippen MR) is 84.7 cm³/mol. The molecule has 1 heterocycles. The van der Waals surface area contributed by atoms with E-state index in [-0.39, 0.29) is 5.97 Å². The number of ether oxygens (including phenoxy) is 1. The Labute approximate surface area is 125 Å². The van der Waals surface area contributed by atoms with Crippen molar-refractivity contribution < 1.29 is 9.53 Å². The first-order valence-electron chi connectivity index (χ1n) is 6.99. The lowest BCUT2D eigenvalue weighted by Gasteiger charge is -2.12. The van der Waals surface area contributed by atoms with Crippen LogP contribution >= 0.6 is 0 Å². The molecule has 112 valence electrons. The van der Waals surface area contributed by atoms with Crippen molar-refractivity contribution in [1.82, 2.24) is 4.57 Å². The van der Waals surface area contributed by atoms with E-state index in [1.165, 1.54) is 24.1 Å². The first kappa shape index (κ1) is 15.2. The molecule has 1 N–H and O–H groups in total. The van der Waals surface area contributed by atoms with Crippen molar-refractivity contribution in [3.05, 3.63) is 52.3 Å². The summed E-state index contributed by atoms with van der Waals surface area (Å²) in [6.07, 6.45) is 0. The topological polar surface area (TPSA) is 43.3 Å². The number of carbonyl (C=O) groups is 1. The van der Waals surface area contributed by atoms with Gasteiger partial charge in [-0.1, -0.05) is 6.07 Å². The van der Waals surface area contributed by atoms with Crippen molar-refractivity contribution in [2.24, 2.45) is 7.05 Å². The molecule has 0 amide bonds. The maximum absolute atomic E-state index is 11.7. The standard InChI is InChI=1S/C17H22N2O2/c1-11-9-14(13(3)19(11)4)10-18-16-8-6-7-15(12(16)2)17(20)21-5/h6-9,18H,10H2,1-5H3. The highest BCUT2D eigenvalue weighted by Crippen LogP contribution is 2.21. The van der Waals surface area contributed by atoms with Crippen molar-refractivity contribution in [1.29, 1.82) is 0 Å². The van der Waals surface area contributed by atoms with Crippen LogP contribution < -0.4 is 5.32 Å². The highest BCUT2D eigenvalue weighted by atomic mass is 16.5. The molecule has 0 unspecified atom stereocenters. The number of hydrogen-bond donors (Lipinski definition) is 1. The summed E-state index contributed by atoms with van der Waals surface area (Å²) in [6, 6.07) is 7.81. The third kappa shape index (κ3) is 2.94. The Balaban J connectivity index is 2.20. The normalized spacial score (nSPS) is 10.5. The van der Waals surface area contributed by atoms with Crippen LogP contribution in [0.3, 0.4) is 0 Å². The van der Waals surface area contributed by atoms with Crippen LogP contribution in [0.25, 0.3) is 0 Å². The summed E-state index contributed by atoms with van der Waals surface area (Å²) in [5.41, 5.74) is 6.22.